The first-order valence-electron chi connectivity index (χ1n) is 6.47. The highest BCUT2D eigenvalue weighted by molar-refractivity contribution is 7.17. The van der Waals surface area contributed by atoms with Crippen LogP contribution in [-0.2, 0) is 16.0 Å². The normalized spacial score (nSPS) is 10.4. The highest BCUT2D eigenvalue weighted by atomic mass is 32.1. The number of hydrogen-bond acceptors (Lipinski definition) is 6. The molecule has 5 nitrogen and oxygen atoms in total. The van der Waals surface area contributed by atoms with E-state index in [1.807, 2.05) is 0 Å². The van der Waals surface area contributed by atoms with Crippen molar-refractivity contribution in [3.63, 3.8) is 0 Å². The average Bonchev–Trinajstić information content (AvgIpc) is 2.84. The van der Waals surface area contributed by atoms with Gasteiger partial charge in [-0.2, -0.15) is 0 Å². The van der Waals surface area contributed by atoms with Gasteiger partial charge in [-0.3, -0.25) is 0 Å². The highest BCUT2D eigenvalue weighted by Gasteiger charge is 2.17. The second kappa shape index (κ2) is 6.49. The quantitative estimate of drug-likeness (QED) is 0.679. The minimum Gasteiger partial charge on any atom is -0.508 e. The minimum atomic E-state index is -0.384. The van der Waals surface area contributed by atoms with Gasteiger partial charge in [0.05, 0.1) is 12.3 Å². The first-order valence-corrected chi connectivity index (χ1v) is 7.29. The Morgan fingerprint density at radius 2 is 2.24 bits per heavy atom. The topological polar surface area (TPSA) is 76.5 Å². The summed E-state index contributed by atoms with van der Waals surface area (Å²) < 4.78 is 4.98. The van der Waals surface area contributed by atoms with Crippen LogP contribution in [0.15, 0.2) is 18.2 Å². The molecule has 1 heterocycles. The predicted molar refractivity (Wildman–Crippen MR) is 79.7 cm³/mol. The van der Waals surface area contributed by atoms with Crippen LogP contribution in [0, 0.1) is 6.92 Å². The van der Waals surface area contributed by atoms with Gasteiger partial charge >= 0.3 is 5.97 Å². The van der Waals surface area contributed by atoms with Crippen LogP contribution in [0.25, 0.3) is 10.6 Å². The maximum absolute atomic E-state index is 11.8. The van der Waals surface area contributed by atoms with Crippen LogP contribution in [-0.4, -0.2) is 29.0 Å². The molecular formula is C15H15NO4S. The fourth-order valence-corrected chi connectivity index (χ4v) is 2.83. The molecule has 1 N–H and O–H groups in total. The number of hydrogen-bond donors (Lipinski definition) is 1. The lowest BCUT2D eigenvalue weighted by Gasteiger charge is -2.03. The number of ether oxygens (including phenoxy) is 1. The molecule has 0 saturated carbocycles. The van der Waals surface area contributed by atoms with E-state index in [0.29, 0.717) is 27.7 Å². The van der Waals surface area contributed by atoms with E-state index in [1.165, 1.54) is 17.4 Å². The molecular weight excluding hydrogens is 290 g/mol. The SMILES string of the molecule is CCOC(=O)c1sc(-c2ccc(O)c(CC=O)c2)nc1C. The van der Waals surface area contributed by atoms with E-state index in [2.05, 4.69) is 4.98 Å². The monoisotopic (exact) mass is 305 g/mol. The lowest BCUT2D eigenvalue weighted by molar-refractivity contribution is -0.107. The molecule has 0 aliphatic rings. The second-order valence-electron chi connectivity index (χ2n) is 4.37. The van der Waals surface area contributed by atoms with Crippen molar-refractivity contribution in [2.75, 3.05) is 6.61 Å². The third-order valence-corrected chi connectivity index (χ3v) is 4.07. The van der Waals surface area contributed by atoms with Crippen molar-refractivity contribution >= 4 is 23.6 Å². The molecule has 0 aliphatic heterocycles. The fraction of sp³-hybridized carbons (Fsp3) is 0.267. The number of aldehydes is 1. The molecule has 6 heteroatoms. The number of carbonyl (C=O) groups is 2. The zero-order chi connectivity index (χ0) is 15.4. The van der Waals surface area contributed by atoms with E-state index in [0.717, 1.165) is 11.8 Å². The number of aromatic hydroxyl groups is 1. The highest BCUT2D eigenvalue weighted by Crippen LogP contribution is 2.31. The Morgan fingerprint density at radius 1 is 1.48 bits per heavy atom. The van der Waals surface area contributed by atoms with E-state index in [9.17, 15) is 14.7 Å². The van der Waals surface area contributed by atoms with Crippen LogP contribution in [0.4, 0.5) is 0 Å². The smallest absolute Gasteiger partial charge is 0.350 e. The average molecular weight is 305 g/mol. The van der Waals surface area contributed by atoms with Gasteiger partial charge in [0.15, 0.2) is 0 Å². The summed E-state index contributed by atoms with van der Waals surface area (Å²) in [7, 11) is 0. The Kier molecular flexibility index (Phi) is 4.70. The predicted octanol–water partition coefficient (Wildman–Crippen LogP) is 2.74. The first-order chi connectivity index (χ1) is 10.1. The van der Waals surface area contributed by atoms with E-state index < -0.39 is 0 Å². The van der Waals surface area contributed by atoms with Crippen LogP contribution in [0.3, 0.4) is 0 Å². The molecule has 1 aromatic heterocycles. The number of rotatable bonds is 5. The largest absolute Gasteiger partial charge is 0.508 e. The molecule has 0 fully saturated rings. The zero-order valence-electron chi connectivity index (χ0n) is 11.8. The van der Waals surface area contributed by atoms with E-state index in [1.54, 1.807) is 26.0 Å². The third kappa shape index (κ3) is 3.28. The van der Waals surface area contributed by atoms with E-state index in [4.69, 9.17) is 4.74 Å². The van der Waals surface area contributed by atoms with Crippen molar-refractivity contribution in [3.8, 4) is 16.3 Å². The summed E-state index contributed by atoms with van der Waals surface area (Å²) in [5.41, 5.74) is 1.90. The van der Waals surface area contributed by atoms with Gasteiger partial charge in [-0.25, -0.2) is 9.78 Å². The second-order valence-corrected chi connectivity index (χ2v) is 5.37. The van der Waals surface area contributed by atoms with E-state index >= 15 is 0 Å². The summed E-state index contributed by atoms with van der Waals surface area (Å²) in [5, 5.41) is 10.3. The molecule has 2 aromatic rings. The number of phenolic OH excluding ortho intramolecular Hbond substituents is 1. The fourth-order valence-electron chi connectivity index (χ4n) is 1.88. The van der Waals surface area contributed by atoms with Crippen molar-refractivity contribution in [2.24, 2.45) is 0 Å². The van der Waals surface area contributed by atoms with Crippen LogP contribution in [0.2, 0.25) is 0 Å². The van der Waals surface area contributed by atoms with Crippen molar-refractivity contribution in [1.82, 2.24) is 4.98 Å². The lowest BCUT2D eigenvalue weighted by atomic mass is 10.1. The number of nitrogens with zero attached hydrogens (tertiary/aromatic N) is 1. The lowest BCUT2D eigenvalue weighted by Crippen LogP contribution is -2.03. The summed E-state index contributed by atoms with van der Waals surface area (Å²) in [5.74, 6) is -0.310. The first kappa shape index (κ1) is 15.2. The number of phenols is 1. The molecule has 2 rings (SSSR count). The maximum Gasteiger partial charge on any atom is 0.350 e. The molecule has 0 radical (unpaired) electrons. The van der Waals surface area contributed by atoms with Crippen molar-refractivity contribution in [2.45, 2.75) is 20.3 Å². The number of aromatic nitrogens is 1. The van der Waals surface area contributed by atoms with Gasteiger partial charge in [0.2, 0.25) is 0 Å². The molecule has 0 amide bonds. The Hall–Kier alpha value is -2.21. The molecule has 1 aromatic carbocycles. The summed E-state index contributed by atoms with van der Waals surface area (Å²) >= 11 is 1.24. The Balaban J connectivity index is 2.39. The van der Waals surface area contributed by atoms with Crippen LogP contribution in [0.5, 0.6) is 5.75 Å². The molecule has 21 heavy (non-hydrogen) atoms. The zero-order valence-corrected chi connectivity index (χ0v) is 12.6. The summed E-state index contributed by atoms with van der Waals surface area (Å²) in [6.07, 6.45) is 0.866. The van der Waals surface area contributed by atoms with Crippen molar-refractivity contribution in [3.05, 3.63) is 34.3 Å². The molecule has 0 bridgehead atoms. The van der Waals surface area contributed by atoms with E-state index in [-0.39, 0.29) is 18.1 Å². The Morgan fingerprint density at radius 3 is 2.90 bits per heavy atom. The molecule has 0 spiro atoms. The van der Waals surface area contributed by atoms with Gasteiger partial charge < -0.3 is 14.6 Å². The Bertz CT molecular complexity index is 678. The van der Waals surface area contributed by atoms with Gasteiger partial charge in [-0.15, -0.1) is 11.3 Å². The van der Waals surface area contributed by atoms with Crippen LogP contribution in [0.1, 0.15) is 27.9 Å². The molecule has 0 aliphatic carbocycles. The van der Waals surface area contributed by atoms with Crippen molar-refractivity contribution < 1.29 is 19.4 Å². The van der Waals surface area contributed by atoms with Gasteiger partial charge in [0.25, 0.3) is 0 Å². The number of aryl methyl sites for hydroxylation is 1. The van der Waals surface area contributed by atoms with Crippen LogP contribution >= 0.6 is 11.3 Å². The number of esters is 1. The maximum atomic E-state index is 11.8. The molecule has 110 valence electrons. The van der Waals surface area contributed by atoms with Gasteiger partial charge in [-0.05, 0) is 32.0 Å². The number of thiazole rings is 1. The number of benzene rings is 1. The molecule has 0 unspecified atom stereocenters. The molecule has 0 atom stereocenters. The third-order valence-electron chi connectivity index (χ3n) is 2.89. The summed E-state index contributed by atoms with van der Waals surface area (Å²) in [6.45, 7) is 3.81. The minimum absolute atomic E-state index is 0.0738. The van der Waals surface area contributed by atoms with Gasteiger partial charge in [0, 0.05) is 17.5 Å². The van der Waals surface area contributed by atoms with Gasteiger partial charge in [-0.1, -0.05) is 0 Å². The summed E-state index contributed by atoms with van der Waals surface area (Å²) in [4.78, 5) is 27.2. The molecule has 0 saturated heterocycles. The standard InChI is InChI=1S/C15H15NO4S/c1-3-20-15(19)13-9(2)16-14(21-13)11-4-5-12(18)10(8-11)6-7-17/h4-5,7-8,18H,3,6H2,1-2H3. The summed E-state index contributed by atoms with van der Waals surface area (Å²) in [6, 6.07) is 4.93. The van der Waals surface area contributed by atoms with Crippen LogP contribution < -0.4 is 0 Å². The van der Waals surface area contributed by atoms with Gasteiger partial charge in [0.1, 0.15) is 21.9 Å². The Labute approximate surface area is 126 Å². The van der Waals surface area contributed by atoms with Crippen molar-refractivity contribution in [1.29, 1.82) is 0 Å². The number of carbonyl (C=O) groups excluding carboxylic acids is 2.